The Kier molecular flexibility index (Phi) is 2.80. The van der Waals surface area contributed by atoms with Crippen molar-refractivity contribution in [3.05, 3.63) is 24.0 Å². The smallest absolute Gasteiger partial charge is 0.121 e. The minimum atomic E-state index is 0.465. The molecule has 0 aliphatic heterocycles. The largest absolute Gasteiger partial charge is 0.268 e. The Morgan fingerprint density at radius 2 is 2.14 bits per heavy atom. The van der Waals surface area contributed by atoms with Crippen LogP contribution in [-0.2, 0) is 0 Å². The molecule has 1 unspecified atom stereocenters. The Hall–Kier alpha value is -0.150. The number of aromatic nitrogens is 2. The molecular formula is C10H12IN2P. The number of rotatable bonds is 1. The Morgan fingerprint density at radius 3 is 2.79 bits per heavy atom. The fraction of sp³-hybridized carbons (Fsp3) is 0.300. The van der Waals surface area contributed by atoms with Gasteiger partial charge in [0.25, 0.3) is 0 Å². The van der Waals surface area contributed by atoms with Crippen molar-refractivity contribution in [2.45, 2.75) is 19.8 Å². The second-order valence-corrected chi connectivity index (χ2v) is 5.29. The fourth-order valence-electron chi connectivity index (χ4n) is 1.44. The molecule has 0 radical (unpaired) electrons. The molecule has 0 amide bonds. The summed E-state index contributed by atoms with van der Waals surface area (Å²) in [4.78, 5) is 4.61. The molecule has 0 bridgehead atoms. The van der Waals surface area contributed by atoms with Gasteiger partial charge < -0.3 is 0 Å². The average Bonchev–Trinajstić information content (AvgIpc) is 2.43. The van der Waals surface area contributed by atoms with Gasteiger partial charge in [0.2, 0.25) is 0 Å². The monoisotopic (exact) mass is 318 g/mol. The summed E-state index contributed by atoms with van der Waals surface area (Å²) in [5.41, 5.74) is 2.27. The van der Waals surface area contributed by atoms with Crippen molar-refractivity contribution in [2.24, 2.45) is 0 Å². The molecule has 0 spiro atoms. The minimum Gasteiger partial charge on any atom is -0.268 e. The third-order valence-electron chi connectivity index (χ3n) is 2.16. The van der Waals surface area contributed by atoms with Crippen LogP contribution in [0.25, 0.3) is 11.0 Å². The van der Waals surface area contributed by atoms with Crippen LogP contribution >= 0.6 is 32.1 Å². The maximum atomic E-state index is 4.61. The van der Waals surface area contributed by atoms with Gasteiger partial charge in [0.1, 0.15) is 5.82 Å². The van der Waals surface area contributed by atoms with E-state index in [9.17, 15) is 0 Å². The van der Waals surface area contributed by atoms with Crippen molar-refractivity contribution >= 4 is 48.4 Å². The van der Waals surface area contributed by atoms with E-state index in [1.807, 2.05) is 0 Å². The van der Waals surface area contributed by atoms with Gasteiger partial charge in [-0.2, -0.15) is 0 Å². The van der Waals surface area contributed by atoms with E-state index >= 15 is 0 Å². The van der Waals surface area contributed by atoms with Gasteiger partial charge in [0.05, 0.1) is 33.9 Å². The molecule has 0 aliphatic rings. The van der Waals surface area contributed by atoms with Crippen LogP contribution in [0.15, 0.2) is 18.2 Å². The fourth-order valence-corrected chi connectivity index (χ4v) is 2.77. The number of imidazole rings is 1. The summed E-state index contributed by atoms with van der Waals surface area (Å²) in [5, 5.41) is 1.18. The molecule has 4 heteroatoms. The Morgan fingerprint density at radius 1 is 1.43 bits per heavy atom. The van der Waals surface area contributed by atoms with Gasteiger partial charge in [0, 0.05) is 5.92 Å². The number of benzene rings is 1. The molecule has 1 aromatic carbocycles. The summed E-state index contributed by atoms with van der Waals surface area (Å²) in [7, 11) is 2.70. The lowest BCUT2D eigenvalue weighted by molar-refractivity contribution is 0.793. The zero-order chi connectivity index (χ0) is 10.3. The van der Waals surface area contributed by atoms with E-state index in [1.54, 1.807) is 0 Å². The number of hydrogen-bond donors (Lipinski definition) is 0. The zero-order valence-electron chi connectivity index (χ0n) is 8.16. The second kappa shape index (κ2) is 3.78. The molecule has 2 nitrogen and oxygen atoms in total. The van der Waals surface area contributed by atoms with Crippen molar-refractivity contribution in [2.75, 3.05) is 0 Å². The third-order valence-corrected chi connectivity index (χ3v) is 3.54. The highest BCUT2D eigenvalue weighted by atomic mass is 127. The Balaban J connectivity index is 2.73. The van der Waals surface area contributed by atoms with Gasteiger partial charge in [0.15, 0.2) is 0 Å². The third kappa shape index (κ3) is 1.68. The van der Waals surface area contributed by atoms with E-state index in [0.717, 1.165) is 11.3 Å². The first kappa shape index (κ1) is 10.4. The topological polar surface area (TPSA) is 17.8 Å². The van der Waals surface area contributed by atoms with Crippen molar-refractivity contribution < 1.29 is 0 Å². The normalized spacial score (nSPS) is 11.5. The Labute approximate surface area is 99.8 Å². The lowest BCUT2D eigenvalue weighted by atomic mass is 10.2. The average molecular weight is 318 g/mol. The van der Waals surface area contributed by atoms with Crippen LogP contribution < -0.4 is 5.30 Å². The maximum absolute atomic E-state index is 4.61. The molecule has 0 saturated heterocycles. The lowest BCUT2D eigenvalue weighted by Gasteiger charge is -2.02. The first-order valence-corrected chi connectivity index (χ1v) is 6.08. The molecule has 1 heterocycles. The Bertz CT molecular complexity index is 476. The van der Waals surface area contributed by atoms with Crippen LogP contribution in [0.1, 0.15) is 25.6 Å². The van der Waals surface area contributed by atoms with Gasteiger partial charge in [-0.25, -0.2) is 4.98 Å². The predicted octanol–water partition coefficient (Wildman–Crippen LogP) is 2.86. The summed E-state index contributed by atoms with van der Waals surface area (Å²) in [5.74, 6) is 1.60. The van der Waals surface area contributed by atoms with Crippen LogP contribution in [0.4, 0.5) is 0 Å². The quantitative estimate of drug-likeness (QED) is 0.584. The summed E-state index contributed by atoms with van der Waals surface area (Å²) in [6.45, 7) is 4.33. The van der Waals surface area contributed by atoms with Crippen LogP contribution in [0.2, 0.25) is 0 Å². The number of fused-ring (bicyclic) bond motifs is 1. The van der Waals surface area contributed by atoms with Gasteiger partial charge in [-0.15, -0.1) is 9.24 Å². The van der Waals surface area contributed by atoms with Gasteiger partial charge in [-0.1, -0.05) is 19.9 Å². The molecule has 1 aromatic heterocycles. The second-order valence-electron chi connectivity index (χ2n) is 3.65. The summed E-state index contributed by atoms with van der Waals surface area (Å²) in [6.07, 6.45) is 0. The molecule has 0 aliphatic carbocycles. The van der Waals surface area contributed by atoms with E-state index in [1.165, 1.54) is 10.8 Å². The molecular weight excluding hydrogens is 306 g/mol. The first-order chi connectivity index (χ1) is 6.59. The van der Waals surface area contributed by atoms with Crippen LogP contribution in [0, 0.1) is 0 Å². The molecule has 0 fully saturated rings. The SMILES string of the molecule is CC(C)c1nc2cc(P)ccc2n1I. The minimum absolute atomic E-state index is 0.465. The highest BCUT2D eigenvalue weighted by Gasteiger charge is 2.11. The molecule has 2 aromatic rings. The van der Waals surface area contributed by atoms with Crippen molar-refractivity contribution in [1.82, 2.24) is 7.76 Å². The molecule has 0 N–H and O–H groups in total. The molecule has 14 heavy (non-hydrogen) atoms. The van der Waals surface area contributed by atoms with Crippen LogP contribution in [-0.4, -0.2) is 7.76 Å². The van der Waals surface area contributed by atoms with Crippen molar-refractivity contribution in [3.8, 4) is 0 Å². The van der Waals surface area contributed by atoms with Gasteiger partial charge in [-0.05, 0) is 17.4 Å². The lowest BCUT2D eigenvalue weighted by Crippen LogP contribution is -1.94. The standard InChI is InChI=1S/C10H12IN2P/c1-6(2)10-12-8-5-7(14)3-4-9(8)13(10)11/h3-6H,14H2,1-2H3. The molecule has 0 saturated carbocycles. The van der Waals surface area contributed by atoms with Gasteiger partial charge >= 0.3 is 0 Å². The van der Waals surface area contributed by atoms with E-state index in [2.05, 4.69) is 71.9 Å². The summed E-state index contributed by atoms with van der Waals surface area (Å²) in [6, 6.07) is 6.30. The van der Waals surface area contributed by atoms with E-state index in [0.29, 0.717) is 5.92 Å². The first-order valence-electron chi connectivity index (χ1n) is 4.53. The number of halogens is 1. The van der Waals surface area contributed by atoms with Crippen molar-refractivity contribution in [1.29, 1.82) is 0 Å². The maximum Gasteiger partial charge on any atom is 0.121 e. The number of nitrogens with zero attached hydrogens (tertiary/aromatic N) is 2. The highest BCUT2D eigenvalue weighted by Crippen LogP contribution is 2.23. The molecule has 1 atom stereocenters. The molecule has 2 rings (SSSR count). The van der Waals surface area contributed by atoms with E-state index in [4.69, 9.17) is 0 Å². The highest BCUT2D eigenvalue weighted by molar-refractivity contribution is 14.1. The van der Waals surface area contributed by atoms with Gasteiger partial charge in [-0.3, -0.25) is 2.78 Å². The summed E-state index contributed by atoms with van der Waals surface area (Å²) >= 11 is 2.31. The zero-order valence-corrected chi connectivity index (χ0v) is 11.5. The van der Waals surface area contributed by atoms with Crippen molar-refractivity contribution in [3.63, 3.8) is 0 Å². The number of hydrogen-bond acceptors (Lipinski definition) is 1. The summed E-state index contributed by atoms with van der Waals surface area (Å²) < 4.78 is 2.14. The predicted molar refractivity (Wildman–Crippen MR) is 72.6 cm³/mol. The van der Waals surface area contributed by atoms with E-state index in [-0.39, 0.29) is 0 Å². The van der Waals surface area contributed by atoms with Crippen LogP contribution in [0.3, 0.4) is 0 Å². The van der Waals surface area contributed by atoms with Crippen LogP contribution in [0.5, 0.6) is 0 Å². The molecule has 74 valence electrons. The van der Waals surface area contributed by atoms with E-state index < -0.39 is 0 Å².